The average Bonchev–Trinajstić information content (AvgIpc) is 2.78. The summed E-state index contributed by atoms with van der Waals surface area (Å²) >= 11 is 0. The molecule has 1 saturated heterocycles. The van der Waals surface area contributed by atoms with Gasteiger partial charge in [-0.05, 0) is 20.9 Å². The SMILES string of the molecule is CNCc1coc(N2CCN(C(C)C)CC2)n1. The van der Waals surface area contributed by atoms with Crippen LogP contribution in [0.5, 0.6) is 0 Å². The molecule has 1 aromatic rings. The summed E-state index contributed by atoms with van der Waals surface area (Å²) < 4.78 is 5.51. The summed E-state index contributed by atoms with van der Waals surface area (Å²) in [5.74, 6) is 0. The first-order valence-electron chi connectivity index (χ1n) is 6.28. The number of piperazine rings is 1. The van der Waals surface area contributed by atoms with Gasteiger partial charge in [-0.25, -0.2) is 0 Å². The monoisotopic (exact) mass is 238 g/mol. The van der Waals surface area contributed by atoms with Crippen LogP contribution in [0.2, 0.25) is 0 Å². The van der Waals surface area contributed by atoms with Crippen LogP contribution < -0.4 is 10.2 Å². The van der Waals surface area contributed by atoms with E-state index in [1.165, 1.54) is 0 Å². The number of oxazole rings is 1. The fourth-order valence-electron chi connectivity index (χ4n) is 2.13. The van der Waals surface area contributed by atoms with Crippen LogP contribution in [0.4, 0.5) is 6.01 Å². The Labute approximate surface area is 103 Å². The topological polar surface area (TPSA) is 44.5 Å². The number of anilines is 1. The molecule has 96 valence electrons. The maximum absolute atomic E-state index is 5.51. The van der Waals surface area contributed by atoms with Gasteiger partial charge >= 0.3 is 0 Å². The number of hydrogen-bond donors (Lipinski definition) is 1. The summed E-state index contributed by atoms with van der Waals surface area (Å²) in [5.41, 5.74) is 0.966. The normalized spacial score (nSPS) is 18.0. The quantitative estimate of drug-likeness (QED) is 0.845. The molecule has 0 aromatic carbocycles. The smallest absolute Gasteiger partial charge is 0.297 e. The zero-order valence-electron chi connectivity index (χ0n) is 10.9. The summed E-state index contributed by atoms with van der Waals surface area (Å²) in [5, 5.41) is 3.07. The van der Waals surface area contributed by atoms with Gasteiger partial charge < -0.3 is 14.6 Å². The highest BCUT2D eigenvalue weighted by molar-refractivity contribution is 5.28. The zero-order chi connectivity index (χ0) is 12.3. The average molecular weight is 238 g/mol. The largest absolute Gasteiger partial charge is 0.432 e. The van der Waals surface area contributed by atoms with Gasteiger partial charge in [0, 0.05) is 38.8 Å². The van der Waals surface area contributed by atoms with E-state index in [1.54, 1.807) is 6.26 Å². The van der Waals surface area contributed by atoms with Gasteiger partial charge in [-0.3, -0.25) is 4.90 Å². The van der Waals surface area contributed by atoms with E-state index in [4.69, 9.17) is 4.42 Å². The predicted octanol–water partition coefficient (Wildman–Crippen LogP) is 0.924. The maximum atomic E-state index is 5.51. The number of rotatable bonds is 4. The highest BCUT2D eigenvalue weighted by Crippen LogP contribution is 2.16. The van der Waals surface area contributed by atoms with Crippen LogP contribution in [0.1, 0.15) is 19.5 Å². The fraction of sp³-hybridized carbons (Fsp3) is 0.750. The van der Waals surface area contributed by atoms with Crippen molar-refractivity contribution in [3.63, 3.8) is 0 Å². The van der Waals surface area contributed by atoms with Crippen LogP contribution in [0.15, 0.2) is 10.7 Å². The molecule has 1 fully saturated rings. The molecule has 17 heavy (non-hydrogen) atoms. The van der Waals surface area contributed by atoms with Gasteiger partial charge in [-0.15, -0.1) is 0 Å². The van der Waals surface area contributed by atoms with Crippen LogP contribution >= 0.6 is 0 Å². The first kappa shape index (κ1) is 12.4. The lowest BCUT2D eigenvalue weighted by Crippen LogP contribution is -2.49. The molecular weight excluding hydrogens is 216 g/mol. The van der Waals surface area contributed by atoms with E-state index in [1.807, 2.05) is 7.05 Å². The van der Waals surface area contributed by atoms with Crippen LogP contribution in [0, 0.1) is 0 Å². The molecule has 0 radical (unpaired) electrons. The third kappa shape index (κ3) is 2.98. The third-order valence-electron chi connectivity index (χ3n) is 3.21. The summed E-state index contributed by atoms with van der Waals surface area (Å²) in [6, 6.07) is 1.39. The van der Waals surface area contributed by atoms with E-state index < -0.39 is 0 Å². The number of hydrogen-bond acceptors (Lipinski definition) is 5. The van der Waals surface area contributed by atoms with Crippen molar-refractivity contribution in [3.05, 3.63) is 12.0 Å². The number of aromatic nitrogens is 1. The van der Waals surface area contributed by atoms with Crippen molar-refractivity contribution in [1.29, 1.82) is 0 Å². The first-order valence-corrected chi connectivity index (χ1v) is 6.28. The van der Waals surface area contributed by atoms with E-state index in [0.717, 1.165) is 44.4 Å². The minimum Gasteiger partial charge on any atom is -0.432 e. The van der Waals surface area contributed by atoms with Gasteiger partial charge in [0.25, 0.3) is 6.01 Å². The number of nitrogens with one attached hydrogen (secondary N) is 1. The second-order valence-corrected chi connectivity index (χ2v) is 4.77. The molecule has 0 bridgehead atoms. The molecule has 2 heterocycles. The van der Waals surface area contributed by atoms with Crippen LogP contribution in [0.3, 0.4) is 0 Å². The summed E-state index contributed by atoms with van der Waals surface area (Å²) in [4.78, 5) is 9.17. The second kappa shape index (κ2) is 5.51. The van der Waals surface area contributed by atoms with E-state index >= 15 is 0 Å². The Morgan fingerprint density at radius 3 is 2.65 bits per heavy atom. The lowest BCUT2D eigenvalue weighted by molar-refractivity contribution is 0.206. The van der Waals surface area contributed by atoms with Crippen molar-refractivity contribution < 1.29 is 4.42 Å². The molecule has 5 heteroatoms. The molecular formula is C12H22N4O. The Balaban J connectivity index is 1.91. The highest BCUT2D eigenvalue weighted by Gasteiger charge is 2.21. The van der Waals surface area contributed by atoms with Crippen molar-refractivity contribution in [3.8, 4) is 0 Å². The highest BCUT2D eigenvalue weighted by atomic mass is 16.4. The zero-order valence-corrected chi connectivity index (χ0v) is 10.9. The van der Waals surface area contributed by atoms with Gasteiger partial charge in [-0.2, -0.15) is 4.98 Å². The predicted molar refractivity (Wildman–Crippen MR) is 68.2 cm³/mol. The van der Waals surface area contributed by atoms with Crippen molar-refractivity contribution >= 4 is 6.01 Å². The van der Waals surface area contributed by atoms with Gasteiger partial charge in [0.05, 0.1) is 5.69 Å². The standard InChI is InChI=1S/C12H22N4O/c1-10(2)15-4-6-16(7-5-15)12-14-11(8-13-3)9-17-12/h9-10,13H,4-8H2,1-3H3. The molecule has 0 amide bonds. The molecule has 2 rings (SSSR count). The van der Waals surface area contributed by atoms with Gasteiger partial charge in [0.15, 0.2) is 0 Å². The minimum absolute atomic E-state index is 0.626. The summed E-state index contributed by atoms with van der Waals surface area (Å²) in [6.07, 6.45) is 1.74. The lowest BCUT2D eigenvalue weighted by Gasteiger charge is -2.36. The molecule has 1 N–H and O–H groups in total. The van der Waals surface area contributed by atoms with Crippen molar-refractivity contribution in [2.75, 3.05) is 38.1 Å². The minimum atomic E-state index is 0.626. The molecule has 0 atom stereocenters. The van der Waals surface area contributed by atoms with E-state index in [2.05, 4.69) is 33.9 Å². The molecule has 1 aliphatic rings. The Morgan fingerprint density at radius 2 is 2.06 bits per heavy atom. The Kier molecular flexibility index (Phi) is 4.02. The molecule has 0 spiro atoms. The van der Waals surface area contributed by atoms with Gasteiger partial charge in [-0.1, -0.05) is 0 Å². The van der Waals surface area contributed by atoms with Crippen molar-refractivity contribution in [2.24, 2.45) is 0 Å². The maximum Gasteiger partial charge on any atom is 0.297 e. The number of nitrogens with zero attached hydrogens (tertiary/aromatic N) is 3. The second-order valence-electron chi connectivity index (χ2n) is 4.77. The van der Waals surface area contributed by atoms with Crippen molar-refractivity contribution in [2.45, 2.75) is 26.4 Å². The molecule has 1 aliphatic heterocycles. The Hall–Kier alpha value is -1.07. The third-order valence-corrected chi connectivity index (χ3v) is 3.21. The molecule has 1 aromatic heterocycles. The van der Waals surface area contributed by atoms with E-state index in [9.17, 15) is 0 Å². The van der Waals surface area contributed by atoms with Crippen LogP contribution in [-0.2, 0) is 6.54 Å². The fourth-order valence-corrected chi connectivity index (χ4v) is 2.13. The van der Waals surface area contributed by atoms with Gasteiger partial charge in [0.2, 0.25) is 0 Å². The molecule has 5 nitrogen and oxygen atoms in total. The summed E-state index contributed by atoms with van der Waals surface area (Å²) in [6.45, 7) is 9.41. The van der Waals surface area contributed by atoms with Gasteiger partial charge in [0.1, 0.15) is 6.26 Å². The van der Waals surface area contributed by atoms with Crippen LogP contribution in [-0.4, -0.2) is 49.2 Å². The molecule has 0 aliphatic carbocycles. The molecule has 0 saturated carbocycles. The summed E-state index contributed by atoms with van der Waals surface area (Å²) in [7, 11) is 1.91. The molecule has 0 unspecified atom stereocenters. The lowest BCUT2D eigenvalue weighted by atomic mass is 10.2. The van der Waals surface area contributed by atoms with Crippen molar-refractivity contribution in [1.82, 2.24) is 15.2 Å². The van der Waals surface area contributed by atoms with Crippen LogP contribution in [0.25, 0.3) is 0 Å². The Bertz CT molecular complexity index is 342. The Morgan fingerprint density at radius 1 is 1.35 bits per heavy atom. The van der Waals surface area contributed by atoms with E-state index in [-0.39, 0.29) is 0 Å². The van der Waals surface area contributed by atoms with E-state index in [0.29, 0.717) is 6.04 Å². The first-order chi connectivity index (χ1) is 8.20.